The number of para-hydroxylation sites is 1. The highest BCUT2D eigenvalue weighted by Crippen LogP contribution is 2.21. The Kier molecular flexibility index (Phi) is 4.71. The Balaban J connectivity index is 1.64. The second-order valence-electron chi connectivity index (χ2n) is 5.49. The van der Waals surface area contributed by atoms with E-state index in [0.29, 0.717) is 0 Å². The highest BCUT2D eigenvalue weighted by atomic mass is 16.5. The summed E-state index contributed by atoms with van der Waals surface area (Å²) >= 11 is 0. The summed E-state index contributed by atoms with van der Waals surface area (Å²) in [7, 11) is 2.14. The van der Waals surface area contributed by atoms with Crippen molar-refractivity contribution in [2.24, 2.45) is 5.10 Å². The summed E-state index contributed by atoms with van der Waals surface area (Å²) in [6.45, 7) is 4.09. The standard InChI is InChI=1S/C18H21N3O/c1-20-10-12-21(13-11-20)19-15-16-6-5-9-18(14-16)22-17-7-3-2-4-8-17/h2-9,14-15H,10-13H2,1H3/b19-15+. The zero-order chi connectivity index (χ0) is 15.2. The third-order valence-electron chi connectivity index (χ3n) is 3.69. The van der Waals surface area contributed by atoms with E-state index in [9.17, 15) is 0 Å². The molecule has 1 saturated heterocycles. The maximum atomic E-state index is 5.84. The Morgan fingerprint density at radius 3 is 2.41 bits per heavy atom. The number of nitrogens with zero attached hydrogens (tertiary/aromatic N) is 3. The van der Waals surface area contributed by atoms with Crippen LogP contribution in [-0.2, 0) is 0 Å². The SMILES string of the molecule is CN1CCN(/N=C/c2cccc(Oc3ccccc3)c2)CC1. The molecule has 4 nitrogen and oxygen atoms in total. The molecule has 0 unspecified atom stereocenters. The summed E-state index contributed by atoms with van der Waals surface area (Å²) in [5.41, 5.74) is 1.05. The predicted octanol–water partition coefficient (Wildman–Crippen LogP) is 3.06. The summed E-state index contributed by atoms with van der Waals surface area (Å²) in [5.74, 6) is 1.67. The monoisotopic (exact) mass is 295 g/mol. The van der Waals surface area contributed by atoms with E-state index in [4.69, 9.17) is 4.74 Å². The van der Waals surface area contributed by atoms with Crippen LogP contribution in [0.25, 0.3) is 0 Å². The molecule has 1 heterocycles. The van der Waals surface area contributed by atoms with E-state index in [-0.39, 0.29) is 0 Å². The summed E-state index contributed by atoms with van der Waals surface area (Å²) in [5, 5.41) is 6.68. The van der Waals surface area contributed by atoms with Gasteiger partial charge in [-0.05, 0) is 36.9 Å². The summed E-state index contributed by atoms with van der Waals surface area (Å²) in [6.07, 6.45) is 1.91. The molecule has 0 bridgehead atoms. The highest BCUT2D eigenvalue weighted by molar-refractivity contribution is 5.80. The zero-order valence-corrected chi connectivity index (χ0v) is 12.9. The van der Waals surface area contributed by atoms with Gasteiger partial charge in [0.1, 0.15) is 11.5 Å². The minimum Gasteiger partial charge on any atom is -0.457 e. The van der Waals surface area contributed by atoms with Crippen LogP contribution < -0.4 is 4.74 Å². The molecule has 22 heavy (non-hydrogen) atoms. The average molecular weight is 295 g/mol. The van der Waals surface area contributed by atoms with Gasteiger partial charge in [0.2, 0.25) is 0 Å². The van der Waals surface area contributed by atoms with Crippen molar-refractivity contribution in [3.05, 3.63) is 60.2 Å². The van der Waals surface area contributed by atoms with Gasteiger partial charge in [0.15, 0.2) is 0 Å². The van der Waals surface area contributed by atoms with Crippen molar-refractivity contribution in [3.8, 4) is 11.5 Å². The van der Waals surface area contributed by atoms with Crippen LogP contribution in [0.2, 0.25) is 0 Å². The number of hydrazone groups is 1. The first-order valence-electron chi connectivity index (χ1n) is 7.60. The van der Waals surface area contributed by atoms with Crippen LogP contribution in [0, 0.1) is 0 Å². The number of hydrogen-bond donors (Lipinski definition) is 0. The maximum absolute atomic E-state index is 5.84. The van der Waals surface area contributed by atoms with Gasteiger partial charge in [0.05, 0.1) is 6.21 Å². The van der Waals surface area contributed by atoms with Crippen LogP contribution in [0.5, 0.6) is 11.5 Å². The molecule has 0 atom stereocenters. The van der Waals surface area contributed by atoms with Crippen molar-refractivity contribution in [3.63, 3.8) is 0 Å². The Bertz CT molecular complexity index is 619. The largest absolute Gasteiger partial charge is 0.457 e. The molecule has 0 saturated carbocycles. The second-order valence-corrected chi connectivity index (χ2v) is 5.49. The smallest absolute Gasteiger partial charge is 0.128 e. The van der Waals surface area contributed by atoms with Crippen LogP contribution in [0.15, 0.2) is 59.7 Å². The van der Waals surface area contributed by atoms with Gasteiger partial charge in [0, 0.05) is 26.2 Å². The minimum atomic E-state index is 0.827. The van der Waals surface area contributed by atoms with E-state index in [0.717, 1.165) is 43.2 Å². The number of piperazine rings is 1. The van der Waals surface area contributed by atoms with Crippen LogP contribution in [0.1, 0.15) is 5.56 Å². The van der Waals surface area contributed by atoms with E-state index in [1.165, 1.54) is 0 Å². The quantitative estimate of drug-likeness (QED) is 0.812. The van der Waals surface area contributed by atoms with Crippen molar-refractivity contribution in [1.29, 1.82) is 0 Å². The summed E-state index contributed by atoms with van der Waals surface area (Å²) in [6, 6.07) is 17.8. The molecule has 2 aromatic carbocycles. The van der Waals surface area contributed by atoms with Crippen LogP contribution in [0.4, 0.5) is 0 Å². The fourth-order valence-electron chi connectivity index (χ4n) is 2.34. The normalized spacial score (nSPS) is 16.1. The zero-order valence-electron chi connectivity index (χ0n) is 12.9. The molecular formula is C18H21N3O. The van der Waals surface area contributed by atoms with Crippen LogP contribution in [0.3, 0.4) is 0 Å². The van der Waals surface area contributed by atoms with E-state index in [2.05, 4.69) is 22.1 Å². The van der Waals surface area contributed by atoms with E-state index in [1.807, 2.05) is 60.8 Å². The molecule has 0 amide bonds. The van der Waals surface area contributed by atoms with Gasteiger partial charge < -0.3 is 9.64 Å². The fraction of sp³-hybridized carbons (Fsp3) is 0.278. The fourth-order valence-corrected chi connectivity index (χ4v) is 2.34. The molecule has 114 valence electrons. The van der Waals surface area contributed by atoms with Crippen molar-refractivity contribution < 1.29 is 4.74 Å². The molecule has 3 rings (SSSR count). The molecule has 4 heteroatoms. The third-order valence-corrected chi connectivity index (χ3v) is 3.69. The maximum Gasteiger partial charge on any atom is 0.128 e. The average Bonchev–Trinajstić information content (AvgIpc) is 2.56. The Hall–Kier alpha value is -2.33. The molecule has 1 aliphatic heterocycles. The van der Waals surface area contributed by atoms with E-state index < -0.39 is 0 Å². The van der Waals surface area contributed by atoms with Gasteiger partial charge in [-0.1, -0.05) is 30.3 Å². The molecule has 0 aromatic heterocycles. The molecule has 1 fully saturated rings. The molecule has 0 radical (unpaired) electrons. The lowest BCUT2D eigenvalue weighted by Gasteiger charge is -2.30. The lowest BCUT2D eigenvalue weighted by atomic mass is 10.2. The van der Waals surface area contributed by atoms with Crippen molar-refractivity contribution in [1.82, 2.24) is 9.91 Å². The number of ether oxygens (including phenoxy) is 1. The predicted molar refractivity (Wildman–Crippen MR) is 89.6 cm³/mol. The van der Waals surface area contributed by atoms with Crippen LogP contribution in [-0.4, -0.2) is 49.4 Å². The van der Waals surface area contributed by atoms with E-state index in [1.54, 1.807) is 0 Å². The van der Waals surface area contributed by atoms with Crippen molar-refractivity contribution in [2.45, 2.75) is 0 Å². The lowest BCUT2D eigenvalue weighted by molar-refractivity contribution is 0.159. The first-order chi connectivity index (χ1) is 10.8. The molecule has 0 aliphatic carbocycles. The Morgan fingerprint density at radius 1 is 0.909 bits per heavy atom. The highest BCUT2D eigenvalue weighted by Gasteiger charge is 2.10. The number of benzene rings is 2. The summed E-state index contributed by atoms with van der Waals surface area (Å²) in [4.78, 5) is 2.32. The summed E-state index contributed by atoms with van der Waals surface area (Å²) < 4.78 is 5.84. The van der Waals surface area contributed by atoms with Gasteiger partial charge >= 0.3 is 0 Å². The topological polar surface area (TPSA) is 28.1 Å². The third kappa shape index (κ3) is 4.09. The number of rotatable bonds is 4. The van der Waals surface area contributed by atoms with Gasteiger partial charge in [-0.2, -0.15) is 5.10 Å². The number of hydrogen-bond acceptors (Lipinski definition) is 4. The van der Waals surface area contributed by atoms with Crippen molar-refractivity contribution in [2.75, 3.05) is 33.2 Å². The van der Waals surface area contributed by atoms with Gasteiger partial charge in [0.25, 0.3) is 0 Å². The minimum absolute atomic E-state index is 0.827. The number of likely N-dealkylation sites (N-methyl/N-ethyl adjacent to an activating group) is 1. The van der Waals surface area contributed by atoms with Gasteiger partial charge in [-0.15, -0.1) is 0 Å². The van der Waals surface area contributed by atoms with Crippen LogP contribution >= 0.6 is 0 Å². The molecule has 1 aliphatic rings. The first-order valence-corrected chi connectivity index (χ1v) is 7.60. The van der Waals surface area contributed by atoms with Gasteiger partial charge in [-0.25, -0.2) is 0 Å². The Morgan fingerprint density at radius 2 is 1.64 bits per heavy atom. The second kappa shape index (κ2) is 7.09. The van der Waals surface area contributed by atoms with E-state index >= 15 is 0 Å². The molecular weight excluding hydrogens is 274 g/mol. The molecule has 0 spiro atoms. The first kappa shape index (κ1) is 14.6. The molecule has 0 N–H and O–H groups in total. The van der Waals surface area contributed by atoms with Crippen molar-refractivity contribution >= 4 is 6.21 Å². The molecule has 2 aromatic rings. The lowest BCUT2D eigenvalue weighted by Crippen LogP contribution is -2.41. The Labute approximate surface area is 131 Å². The van der Waals surface area contributed by atoms with Gasteiger partial charge in [-0.3, -0.25) is 5.01 Å².